The largest absolute Gasteiger partial charge is 0.338 e. The van der Waals surface area contributed by atoms with Crippen LogP contribution >= 0.6 is 0 Å². The molecule has 2 N–H and O–H groups in total. The molecular formula is C11H18N4O. The highest BCUT2D eigenvalue weighted by molar-refractivity contribution is 5.29. The zero-order valence-electron chi connectivity index (χ0n) is 9.43. The number of hydrogen-bond donors (Lipinski definition) is 1. The Balaban J connectivity index is 1.72. The zero-order valence-corrected chi connectivity index (χ0v) is 9.43. The van der Waals surface area contributed by atoms with E-state index in [0.29, 0.717) is 12.0 Å². The fourth-order valence-corrected chi connectivity index (χ4v) is 2.68. The molecule has 5 heteroatoms. The van der Waals surface area contributed by atoms with Crippen molar-refractivity contribution in [2.45, 2.75) is 44.1 Å². The maximum absolute atomic E-state index is 5.89. The lowest BCUT2D eigenvalue weighted by Gasteiger charge is -2.10. The Morgan fingerprint density at radius 1 is 1.25 bits per heavy atom. The Morgan fingerprint density at radius 3 is 2.75 bits per heavy atom. The Bertz CT molecular complexity index is 359. The minimum Gasteiger partial charge on any atom is -0.338 e. The molecular weight excluding hydrogens is 204 g/mol. The van der Waals surface area contributed by atoms with Crippen LogP contribution in [0.15, 0.2) is 4.52 Å². The van der Waals surface area contributed by atoms with Gasteiger partial charge in [0, 0.05) is 25.0 Å². The van der Waals surface area contributed by atoms with Crippen molar-refractivity contribution in [2.24, 2.45) is 5.73 Å². The smallest absolute Gasteiger partial charge is 0.266 e. The number of hydrogen-bond acceptors (Lipinski definition) is 5. The van der Waals surface area contributed by atoms with E-state index in [-0.39, 0.29) is 0 Å². The van der Waals surface area contributed by atoms with Crippen LogP contribution in [0.1, 0.15) is 43.9 Å². The van der Waals surface area contributed by atoms with Crippen molar-refractivity contribution in [3.63, 3.8) is 0 Å². The summed E-state index contributed by atoms with van der Waals surface area (Å²) in [5, 5.41) is 4.07. The van der Waals surface area contributed by atoms with Crippen molar-refractivity contribution in [3.05, 3.63) is 5.89 Å². The first kappa shape index (κ1) is 10.1. The standard InChI is InChI=1S/C11H18N4O/c12-9-4-3-8(7-9)10-13-11(14-16-10)15-5-1-2-6-15/h8-9H,1-7,12H2. The molecule has 3 rings (SSSR count). The van der Waals surface area contributed by atoms with E-state index in [1.807, 2.05) is 0 Å². The van der Waals surface area contributed by atoms with Crippen LogP contribution < -0.4 is 10.6 Å². The van der Waals surface area contributed by atoms with Gasteiger partial charge in [0.1, 0.15) is 0 Å². The van der Waals surface area contributed by atoms with Crippen molar-refractivity contribution < 1.29 is 4.52 Å². The fourth-order valence-electron chi connectivity index (χ4n) is 2.68. The average molecular weight is 222 g/mol. The molecule has 2 fully saturated rings. The summed E-state index contributed by atoms with van der Waals surface area (Å²) in [6, 6.07) is 0.312. The second-order valence-corrected chi connectivity index (χ2v) is 4.90. The van der Waals surface area contributed by atoms with Crippen LogP contribution in [0, 0.1) is 0 Å². The topological polar surface area (TPSA) is 68.2 Å². The van der Waals surface area contributed by atoms with E-state index in [0.717, 1.165) is 44.2 Å². The zero-order chi connectivity index (χ0) is 11.0. The summed E-state index contributed by atoms with van der Waals surface area (Å²) < 4.78 is 5.35. The molecule has 0 bridgehead atoms. The number of anilines is 1. The van der Waals surface area contributed by atoms with Crippen LogP contribution in [0.5, 0.6) is 0 Å². The van der Waals surface area contributed by atoms with Crippen molar-refractivity contribution in [1.29, 1.82) is 0 Å². The molecule has 2 aliphatic rings. The predicted molar refractivity (Wildman–Crippen MR) is 60.3 cm³/mol. The lowest BCUT2D eigenvalue weighted by Crippen LogP contribution is -2.19. The molecule has 1 aliphatic heterocycles. The molecule has 1 saturated carbocycles. The summed E-state index contributed by atoms with van der Waals surface area (Å²) in [5.41, 5.74) is 5.89. The van der Waals surface area contributed by atoms with Crippen molar-refractivity contribution in [3.8, 4) is 0 Å². The SMILES string of the molecule is NC1CCC(c2nc(N3CCCC3)no2)C1. The molecule has 1 aromatic rings. The summed E-state index contributed by atoms with van der Waals surface area (Å²) in [6.07, 6.45) is 5.62. The number of nitrogens with two attached hydrogens (primary N) is 1. The van der Waals surface area contributed by atoms with Crippen LogP contribution in [0.4, 0.5) is 5.95 Å². The molecule has 2 unspecified atom stereocenters. The third-order valence-corrected chi connectivity index (χ3v) is 3.64. The average Bonchev–Trinajstić information content (AvgIpc) is 2.97. The van der Waals surface area contributed by atoms with Crippen LogP contribution in [0.2, 0.25) is 0 Å². The summed E-state index contributed by atoms with van der Waals surface area (Å²) in [7, 11) is 0. The Morgan fingerprint density at radius 2 is 2.06 bits per heavy atom. The molecule has 5 nitrogen and oxygen atoms in total. The van der Waals surface area contributed by atoms with Gasteiger partial charge in [0.15, 0.2) is 0 Å². The highest BCUT2D eigenvalue weighted by Crippen LogP contribution is 2.33. The third kappa shape index (κ3) is 1.80. The molecule has 1 aromatic heterocycles. The first-order valence-corrected chi connectivity index (χ1v) is 6.17. The lowest BCUT2D eigenvalue weighted by atomic mass is 10.1. The predicted octanol–water partition coefficient (Wildman–Crippen LogP) is 1.26. The van der Waals surface area contributed by atoms with Gasteiger partial charge in [0.05, 0.1) is 0 Å². The van der Waals surface area contributed by atoms with E-state index in [9.17, 15) is 0 Å². The van der Waals surface area contributed by atoms with Gasteiger partial charge in [0.2, 0.25) is 5.89 Å². The molecule has 0 spiro atoms. The van der Waals surface area contributed by atoms with E-state index in [4.69, 9.17) is 10.3 Å². The second-order valence-electron chi connectivity index (χ2n) is 4.90. The quantitative estimate of drug-likeness (QED) is 0.816. The highest BCUT2D eigenvalue weighted by Gasteiger charge is 2.28. The summed E-state index contributed by atoms with van der Waals surface area (Å²) in [6.45, 7) is 2.12. The van der Waals surface area contributed by atoms with Crippen LogP contribution in [0.25, 0.3) is 0 Å². The van der Waals surface area contributed by atoms with Gasteiger partial charge in [-0.05, 0) is 37.3 Å². The Kier molecular flexibility index (Phi) is 2.55. The van der Waals surface area contributed by atoms with Crippen LogP contribution in [-0.2, 0) is 0 Å². The minimum atomic E-state index is 0.312. The molecule has 2 heterocycles. The van der Waals surface area contributed by atoms with Gasteiger partial charge >= 0.3 is 0 Å². The fraction of sp³-hybridized carbons (Fsp3) is 0.818. The van der Waals surface area contributed by atoms with E-state index in [1.165, 1.54) is 12.8 Å². The van der Waals surface area contributed by atoms with Gasteiger partial charge in [-0.1, -0.05) is 0 Å². The molecule has 0 aromatic carbocycles. The van der Waals surface area contributed by atoms with Gasteiger partial charge < -0.3 is 15.2 Å². The summed E-state index contributed by atoms with van der Waals surface area (Å²) in [5.74, 6) is 1.95. The molecule has 0 amide bonds. The van der Waals surface area contributed by atoms with Crippen LogP contribution in [-0.4, -0.2) is 29.3 Å². The van der Waals surface area contributed by atoms with E-state index in [2.05, 4.69) is 15.0 Å². The van der Waals surface area contributed by atoms with Crippen molar-refractivity contribution in [1.82, 2.24) is 10.1 Å². The minimum absolute atomic E-state index is 0.312. The maximum Gasteiger partial charge on any atom is 0.266 e. The van der Waals surface area contributed by atoms with Gasteiger partial charge in [-0.3, -0.25) is 0 Å². The van der Waals surface area contributed by atoms with Gasteiger partial charge in [-0.15, -0.1) is 0 Å². The maximum atomic E-state index is 5.89. The Labute approximate surface area is 95.0 Å². The highest BCUT2D eigenvalue weighted by atomic mass is 16.5. The van der Waals surface area contributed by atoms with E-state index in [1.54, 1.807) is 0 Å². The first-order chi connectivity index (χ1) is 7.83. The van der Waals surface area contributed by atoms with E-state index >= 15 is 0 Å². The number of rotatable bonds is 2. The van der Waals surface area contributed by atoms with Gasteiger partial charge in [-0.25, -0.2) is 0 Å². The van der Waals surface area contributed by atoms with Crippen LogP contribution in [0.3, 0.4) is 0 Å². The first-order valence-electron chi connectivity index (χ1n) is 6.17. The molecule has 1 saturated heterocycles. The monoisotopic (exact) mass is 222 g/mol. The van der Waals surface area contributed by atoms with Crippen molar-refractivity contribution in [2.75, 3.05) is 18.0 Å². The van der Waals surface area contributed by atoms with Gasteiger partial charge in [0.25, 0.3) is 5.95 Å². The molecule has 2 atom stereocenters. The normalized spacial score (nSPS) is 30.2. The molecule has 0 radical (unpaired) electrons. The molecule has 16 heavy (non-hydrogen) atoms. The third-order valence-electron chi connectivity index (χ3n) is 3.64. The molecule has 1 aliphatic carbocycles. The Hall–Kier alpha value is -1.10. The van der Waals surface area contributed by atoms with Gasteiger partial charge in [-0.2, -0.15) is 4.98 Å². The summed E-state index contributed by atoms with van der Waals surface area (Å²) in [4.78, 5) is 6.70. The summed E-state index contributed by atoms with van der Waals surface area (Å²) >= 11 is 0. The number of aromatic nitrogens is 2. The second kappa shape index (κ2) is 4.05. The number of nitrogens with zero attached hydrogens (tertiary/aromatic N) is 3. The van der Waals surface area contributed by atoms with E-state index < -0.39 is 0 Å². The van der Waals surface area contributed by atoms with Crippen molar-refractivity contribution >= 4 is 5.95 Å². The lowest BCUT2D eigenvalue weighted by molar-refractivity contribution is 0.352. The molecule has 88 valence electrons.